The molecule has 17 heavy (non-hydrogen) atoms. The average Bonchev–Trinajstić information content (AvgIpc) is 2.87. The third-order valence-electron chi connectivity index (χ3n) is 5.49. The van der Waals surface area contributed by atoms with Crippen molar-refractivity contribution in [3.8, 4) is 0 Å². The Labute approximate surface area is 106 Å². The zero-order chi connectivity index (χ0) is 11.6. The van der Waals surface area contributed by atoms with Gasteiger partial charge in [-0.3, -0.25) is 0 Å². The lowest BCUT2D eigenvalue weighted by Crippen LogP contribution is -2.54. The van der Waals surface area contributed by atoms with Gasteiger partial charge in [-0.15, -0.1) is 0 Å². The highest BCUT2D eigenvalue weighted by molar-refractivity contribution is 5.08. The highest BCUT2D eigenvalue weighted by atomic mass is 15.0. The van der Waals surface area contributed by atoms with Crippen LogP contribution in [0.25, 0.3) is 0 Å². The molecule has 2 fully saturated rings. The van der Waals surface area contributed by atoms with Crippen LogP contribution in [0, 0.1) is 5.41 Å². The van der Waals surface area contributed by atoms with Crippen LogP contribution in [0.3, 0.4) is 0 Å². The van der Waals surface area contributed by atoms with E-state index in [2.05, 4.69) is 11.4 Å². The predicted octanol–water partition coefficient (Wildman–Crippen LogP) is 4.19. The molecule has 1 unspecified atom stereocenters. The third-order valence-corrected chi connectivity index (χ3v) is 5.49. The van der Waals surface area contributed by atoms with E-state index in [1.54, 1.807) is 5.57 Å². The lowest BCUT2D eigenvalue weighted by Gasteiger charge is -2.52. The van der Waals surface area contributed by atoms with Crippen molar-refractivity contribution in [1.29, 1.82) is 0 Å². The van der Waals surface area contributed by atoms with E-state index in [1.165, 1.54) is 77.2 Å². The van der Waals surface area contributed by atoms with Crippen molar-refractivity contribution in [2.45, 2.75) is 76.7 Å². The topological polar surface area (TPSA) is 12.0 Å². The van der Waals surface area contributed by atoms with Crippen LogP contribution in [-0.4, -0.2) is 12.6 Å². The molecule has 0 aromatic heterocycles. The number of rotatable bonds is 4. The first-order chi connectivity index (χ1) is 8.39. The first kappa shape index (κ1) is 11.8. The highest BCUT2D eigenvalue weighted by Gasteiger charge is 2.46. The summed E-state index contributed by atoms with van der Waals surface area (Å²) in [7, 11) is 0. The molecule has 0 aromatic rings. The summed E-state index contributed by atoms with van der Waals surface area (Å²) in [4.78, 5) is 0. The van der Waals surface area contributed by atoms with Gasteiger partial charge in [0.2, 0.25) is 0 Å². The molecule has 0 bridgehead atoms. The second-order valence-corrected chi connectivity index (χ2v) is 6.47. The van der Waals surface area contributed by atoms with Gasteiger partial charge >= 0.3 is 0 Å². The van der Waals surface area contributed by atoms with E-state index < -0.39 is 0 Å². The smallest absolute Gasteiger partial charge is 0.0124 e. The van der Waals surface area contributed by atoms with E-state index in [9.17, 15) is 0 Å². The standard InChI is InChI=1S/C16H27N/c1-4-10-16(11-5-1)12-8-15(16)17-13-9-14-6-2-3-7-14/h6,15,17H,1-5,7-13H2. The van der Waals surface area contributed by atoms with E-state index in [1.807, 2.05) is 0 Å². The van der Waals surface area contributed by atoms with Gasteiger partial charge in [0.25, 0.3) is 0 Å². The minimum atomic E-state index is 0.738. The molecular weight excluding hydrogens is 206 g/mol. The van der Waals surface area contributed by atoms with Crippen molar-refractivity contribution in [3.05, 3.63) is 11.6 Å². The molecule has 0 aliphatic heterocycles. The van der Waals surface area contributed by atoms with Gasteiger partial charge in [0.05, 0.1) is 0 Å². The van der Waals surface area contributed by atoms with Crippen molar-refractivity contribution < 1.29 is 0 Å². The fourth-order valence-corrected chi connectivity index (χ4v) is 4.24. The molecule has 3 aliphatic carbocycles. The summed E-state index contributed by atoms with van der Waals surface area (Å²) in [5, 5.41) is 3.87. The van der Waals surface area contributed by atoms with Gasteiger partial charge < -0.3 is 5.32 Å². The van der Waals surface area contributed by atoms with E-state index in [4.69, 9.17) is 0 Å². The fourth-order valence-electron chi connectivity index (χ4n) is 4.24. The molecule has 0 saturated heterocycles. The average molecular weight is 233 g/mol. The van der Waals surface area contributed by atoms with Gasteiger partial charge in [0.1, 0.15) is 0 Å². The summed E-state index contributed by atoms with van der Waals surface area (Å²) >= 11 is 0. The van der Waals surface area contributed by atoms with E-state index >= 15 is 0 Å². The van der Waals surface area contributed by atoms with Crippen molar-refractivity contribution in [3.63, 3.8) is 0 Å². The molecule has 0 heterocycles. The van der Waals surface area contributed by atoms with Crippen LogP contribution in [0.2, 0.25) is 0 Å². The Morgan fingerprint density at radius 3 is 2.65 bits per heavy atom. The van der Waals surface area contributed by atoms with Crippen LogP contribution in [0.5, 0.6) is 0 Å². The zero-order valence-corrected chi connectivity index (χ0v) is 11.1. The van der Waals surface area contributed by atoms with Crippen LogP contribution in [-0.2, 0) is 0 Å². The lowest BCUT2D eigenvalue weighted by molar-refractivity contribution is 0.0236. The van der Waals surface area contributed by atoms with Gasteiger partial charge in [0, 0.05) is 6.04 Å². The van der Waals surface area contributed by atoms with Gasteiger partial charge in [0.15, 0.2) is 0 Å². The molecule has 3 rings (SSSR count). The first-order valence-electron chi connectivity index (χ1n) is 7.80. The summed E-state index contributed by atoms with van der Waals surface area (Å²) in [6.07, 6.45) is 18.3. The molecule has 1 heteroatoms. The summed E-state index contributed by atoms with van der Waals surface area (Å²) in [6, 6.07) is 0.866. The molecule has 1 spiro atoms. The molecule has 3 aliphatic rings. The zero-order valence-electron chi connectivity index (χ0n) is 11.1. The summed E-state index contributed by atoms with van der Waals surface area (Å²) in [6.45, 7) is 1.23. The Morgan fingerprint density at radius 1 is 1.12 bits per heavy atom. The Bertz CT molecular complexity index is 286. The van der Waals surface area contributed by atoms with Crippen LogP contribution in [0.15, 0.2) is 11.6 Å². The molecule has 0 amide bonds. The lowest BCUT2D eigenvalue weighted by atomic mass is 9.57. The summed E-state index contributed by atoms with van der Waals surface area (Å²) in [5.74, 6) is 0. The molecule has 96 valence electrons. The highest BCUT2D eigenvalue weighted by Crippen LogP contribution is 2.51. The van der Waals surface area contributed by atoms with E-state index in [0.29, 0.717) is 0 Å². The minimum Gasteiger partial charge on any atom is -0.313 e. The van der Waals surface area contributed by atoms with Crippen molar-refractivity contribution in [2.24, 2.45) is 5.41 Å². The third kappa shape index (κ3) is 2.45. The SMILES string of the molecule is C1=C(CCNC2CCC23CCCCC3)CCC1. The molecule has 0 radical (unpaired) electrons. The normalized spacial score (nSPS) is 31.3. The van der Waals surface area contributed by atoms with Crippen LogP contribution < -0.4 is 5.32 Å². The predicted molar refractivity (Wildman–Crippen MR) is 73.1 cm³/mol. The van der Waals surface area contributed by atoms with Crippen molar-refractivity contribution >= 4 is 0 Å². The molecular formula is C16H27N. The van der Waals surface area contributed by atoms with Crippen molar-refractivity contribution in [2.75, 3.05) is 6.54 Å². The molecule has 0 aromatic carbocycles. The van der Waals surface area contributed by atoms with Crippen LogP contribution in [0.1, 0.15) is 70.6 Å². The quantitative estimate of drug-likeness (QED) is 0.718. The van der Waals surface area contributed by atoms with E-state index in [-0.39, 0.29) is 0 Å². The molecule has 2 saturated carbocycles. The van der Waals surface area contributed by atoms with Gasteiger partial charge in [-0.25, -0.2) is 0 Å². The Kier molecular flexibility index (Phi) is 3.56. The fraction of sp³-hybridized carbons (Fsp3) is 0.875. The van der Waals surface area contributed by atoms with Crippen molar-refractivity contribution in [1.82, 2.24) is 5.32 Å². The maximum atomic E-state index is 3.87. The van der Waals surface area contributed by atoms with E-state index in [0.717, 1.165) is 11.5 Å². The Balaban J connectivity index is 1.42. The number of hydrogen-bond donors (Lipinski definition) is 1. The minimum absolute atomic E-state index is 0.738. The Morgan fingerprint density at radius 2 is 2.00 bits per heavy atom. The monoisotopic (exact) mass is 233 g/mol. The largest absolute Gasteiger partial charge is 0.313 e. The summed E-state index contributed by atoms with van der Waals surface area (Å²) in [5.41, 5.74) is 2.46. The number of hydrogen-bond acceptors (Lipinski definition) is 1. The second-order valence-electron chi connectivity index (χ2n) is 6.47. The van der Waals surface area contributed by atoms with Gasteiger partial charge in [-0.2, -0.15) is 0 Å². The molecule has 1 N–H and O–H groups in total. The summed E-state index contributed by atoms with van der Waals surface area (Å²) < 4.78 is 0. The number of nitrogens with one attached hydrogen (secondary N) is 1. The Hall–Kier alpha value is -0.300. The maximum Gasteiger partial charge on any atom is 0.0124 e. The van der Waals surface area contributed by atoms with Crippen LogP contribution in [0.4, 0.5) is 0 Å². The first-order valence-corrected chi connectivity index (χ1v) is 7.80. The van der Waals surface area contributed by atoms with Crippen LogP contribution >= 0.6 is 0 Å². The van der Waals surface area contributed by atoms with Gasteiger partial charge in [-0.05, 0) is 63.3 Å². The molecule has 1 nitrogen and oxygen atoms in total. The van der Waals surface area contributed by atoms with Gasteiger partial charge in [-0.1, -0.05) is 30.9 Å². The molecule has 1 atom stereocenters. The maximum absolute atomic E-state index is 3.87. The number of allylic oxidation sites excluding steroid dienone is 1. The second kappa shape index (κ2) is 5.14.